The zero-order valence-electron chi connectivity index (χ0n) is 26.7. The van der Waals surface area contributed by atoms with E-state index in [1.54, 1.807) is 13.0 Å². The molecule has 2 aliphatic carbocycles. The molecular weight excluding hydrogens is 730 g/mol. The predicted octanol–water partition coefficient (Wildman–Crippen LogP) is 5.69. The number of nitrogens with zero attached hydrogens (tertiary/aromatic N) is 2. The Bertz CT molecular complexity index is 1900. The third-order valence-corrected chi connectivity index (χ3v) is 11.6. The lowest BCUT2D eigenvalue weighted by Gasteiger charge is -2.50. The Morgan fingerprint density at radius 2 is 1.57 bits per heavy atom. The second kappa shape index (κ2) is 13.1. The van der Waals surface area contributed by atoms with Crippen molar-refractivity contribution in [1.82, 2.24) is 4.90 Å². The molecule has 272 valence electrons. The van der Waals surface area contributed by atoms with Crippen LogP contribution in [0.1, 0.15) is 56.9 Å². The minimum Gasteiger partial charge on any atom is -0.504 e. The molecule has 6 unspecified atom stereocenters. The number of alkyl halides is 2. The smallest absolute Gasteiger partial charge is 0.303 e. The van der Waals surface area contributed by atoms with Crippen molar-refractivity contribution in [2.24, 2.45) is 17.8 Å². The van der Waals surface area contributed by atoms with Crippen LogP contribution in [-0.4, -0.2) is 67.6 Å². The summed E-state index contributed by atoms with van der Waals surface area (Å²) < 4.78 is 78.8. The standard InChI is InChI=1S/C34H29Cl2F5N2O8/c1-2-51-19-12-14(7-10-18(19)44)22-15-8-9-16-21(30(48)42(29(16)47)11-5-3-4-6-20(45)46)17(15)13-33(35)31(49)43(32(50)34(22,33)36)28-26(40)24(38)23(37)25(39)27(28)41/h7-8,10,12,16-17,21-22,44H,2-6,9,11,13H2,1H3,(H,45,46). The minimum atomic E-state index is -2.71. The third-order valence-electron chi connectivity index (χ3n) is 10.2. The molecule has 0 radical (unpaired) electrons. The maximum Gasteiger partial charge on any atom is 0.303 e. The summed E-state index contributed by atoms with van der Waals surface area (Å²) in [5, 5.41) is 19.3. The largest absolute Gasteiger partial charge is 0.504 e. The Balaban J connectivity index is 1.49. The van der Waals surface area contributed by atoms with Gasteiger partial charge in [0.2, 0.25) is 17.6 Å². The van der Waals surface area contributed by atoms with Crippen molar-refractivity contribution in [3.8, 4) is 11.5 Å². The lowest BCUT2D eigenvalue weighted by molar-refractivity contribution is -0.141. The number of carbonyl (C=O) groups excluding carboxylic acids is 4. The van der Waals surface area contributed by atoms with Crippen LogP contribution < -0.4 is 9.64 Å². The first kappa shape index (κ1) is 36.5. The molecular formula is C34H29Cl2F5N2O8. The highest BCUT2D eigenvalue weighted by Gasteiger charge is 2.77. The van der Waals surface area contributed by atoms with Crippen molar-refractivity contribution < 1.29 is 60.9 Å². The quantitative estimate of drug-likeness (QED) is 0.0599. The molecule has 0 bridgehead atoms. The van der Waals surface area contributed by atoms with Crippen LogP contribution in [0.15, 0.2) is 29.8 Å². The summed E-state index contributed by atoms with van der Waals surface area (Å²) in [6.07, 6.45) is 1.80. The van der Waals surface area contributed by atoms with E-state index in [9.17, 15) is 42.3 Å². The topological polar surface area (TPSA) is 142 Å². The fourth-order valence-corrected chi connectivity index (χ4v) is 8.87. The fraction of sp³-hybridized carbons (Fsp3) is 0.441. The molecule has 2 aromatic rings. The molecule has 4 amide bonds. The number of aliphatic carboxylic acids is 1. The van der Waals surface area contributed by atoms with Crippen molar-refractivity contribution in [1.29, 1.82) is 0 Å². The van der Waals surface area contributed by atoms with Gasteiger partial charge in [-0.25, -0.2) is 26.9 Å². The number of benzene rings is 2. The minimum absolute atomic E-state index is 0.0254. The molecule has 2 N–H and O–H groups in total. The van der Waals surface area contributed by atoms with Crippen molar-refractivity contribution in [2.75, 3.05) is 18.1 Å². The molecule has 4 aliphatic rings. The monoisotopic (exact) mass is 758 g/mol. The van der Waals surface area contributed by atoms with Crippen LogP contribution in [-0.2, 0) is 24.0 Å². The van der Waals surface area contributed by atoms with Gasteiger partial charge in [-0.1, -0.05) is 24.1 Å². The number of aromatic hydroxyl groups is 1. The Morgan fingerprint density at radius 1 is 0.922 bits per heavy atom. The number of carboxylic acids is 1. The molecule has 6 atom stereocenters. The predicted molar refractivity (Wildman–Crippen MR) is 169 cm³/mol. The highest BCUT2D eigenvalue weighted by atomic mass is 35.5. The number of fused-ring (bicyclic) bond motifs is 4. The number of unbranched alkanes of at least 4 members (excludes halogenated alkanes) is 2. The lowest BCUT2D eigenvalue weighted by Crippen LogP contribution is -2.60. The van der Waals surface area contributed by atoms with Gasteiger partial charge < -0.3 is 14.9 Å². The summed E-state index contributed by atoms with van der Waals surface area (Å²) in [6.45, 7) is 1.65. The molecule has 6 rings (SSSR count). The first-order valence-corrected chi connectivity index (χ1v) is 16.8. The van der Waals surface area contributed by atoms with E-state index in [0.29, 0.717) is 19.3 Å². The highest BCUT2D eigenvalue weighted by Crippen LogP contribution is 2.66. The van der Waals surface area contributed by atoms with Crippen molar-refractivity contribution in [3.63, 3.8) is 0 Å². The number of carbonyl (C=O) groups is 5. The number of allylic oxidation sites excluding steroid dienone is 2. The van der Waals surface area contributed by atoms with Crippen LogP contribution in [0.5, 0.6) is 11.5 Å². The summed E-state index contributed by atoms with van der Waals surface area (Å²) >= 11 is 14.2. The van der Waals surface area contributed by atoms with E-state index in [4.69, 9.17) is 33.0 Å². The summed E-state index contributed by atoms with van der Waals surface area (Å²) in [7, 11) is 0. The van der Waals surface area contributed by atoms with E-state index >= 15 is 8.78 Å². The third kappa shape index (κ3) is 5.29. The molecule has 10 nitrogen and oxygen atoms in total. The summed E-state index contributed by atoms with van der Waals surface area (Å²) in [4.78, 5) is 62.4. The summed E-state index contributed by atoms with van der Waals surface area (Å²) in [5.41, 5.74) is -1.55. The molecule has 0 spiro atoms. The molecule has 2 saturated heterocycles. The lowest BCUT2D eigenvalue weighted by atomic mass is 9.56. The number of likely N-dealkylation sites (tertiary alicyclic amines) is 1. The zero-order valence-corrected chi connectivity index (χ0v) is 28.2. The summed E-state index contributed by atoms with van der Waals surface area (Å²) in [5.74, 6) is -22.9. The van der Waals surface area contributed by atoms with Crippen molar-refractivity contribution in [2.45, 2.75) is 61.1 Å². The van der Waals surface area contributed by atoms with Gasteiger partial charge >= 0.3 is 5.97 Å². The van der Waals surface area contributed by atoms with E-state index in [1.807, 2.05) is 0 Å². The fourth-order valence-electron chi connectivity index (χ4n) is 7.93. The van der Waals surface area contributed by atoms with E-state index in [0.717, 1.165) is 4.90 Å². The van der Waals surface area contributed by atoms with Crippen LogP contribution in [0.3, 0.4) is 0 Å². The molecule has 0 aromatic heterocycles. The van der Waals surface area contributed by atoms with Crippen LogP contribution in [0.2, 0.25) is 0 Å². The van der Waals surface area contributed by atoms with Crippen LogP contribution in [0, 0.1) is 46.8 Å². The van der Waals surface area contributed by atoms with E-state index in [-0.39, 0.29) is 53.5 Å². The first-order valence-electron chi connectivity index (χ1n) is 16.0. The van der Waals surface area contributed by atoms with E-state index in [2.05, 4.69) is 0 Å². The number of phenols is 1. The Labute approximate surface area is 296 Å². The maximum atomic E-state index is 15.2. The number of anilines is 1. The molecule has 2 aromatic carbocycles. The van der Waals surface area contributed by atoms with E-state index < -0.39 is 104 Å². The average Bonchev–Trinajstić information content (AvgIpc) is 3.41. The Morgan fingerprint density at radius 3 is 2.20 bits per heavy atom. The highest BCUT2D eigenvalue weighted by molar-refractivity contribution is 6.58. The number of halogens is 7. The normalized spacial score (nSPS) is 28.5. The zero-order chi connectivity index (χ0) is 37.3. The maximum absolute atomic E-state index is 15.2. The van der Waals surface area contributed by atoms with Gasteiger partial charge in [0.05, 0.1) is 18.4 Å². The SMILES string of the molecule is CCOc1cc(C2C3=CCC4C(=O)N(CCCCCC(=O)O)C(=O)C4C3CC3(Cl)C(=O)N(c4c(F)c(F)c(F)c(F)c4F)C(=O)C23Cl)ccc1O. The van der Waals surface area contributed by atoms with Gasteiger partial charge in [-0.3, -0.25) is 28.9 Å². The number of rotatable bonds is 10. The number of ether oxygens (including phenoxy) is 1. The molecule has 17 heteroatoms. The number of carboxylic acid groups (broad SMARTS) is 1. The van der Waals surface area contributed by atoms with Gasteiger partial charge in [-0.2, -0.15) is 0 Å². The van der Waals surface area contributed by atoms with E-state index in [1.165, 1.54) is 18.2 Å². The molecule has 2 aliphatic heterocycles. The molecule has 51 heavy (non-hydrogen) atoms. The first-order chi connectivity index (χ1) is 24.0. The van der Waals surface area contributed by atoms with Crippen LogP contribution in [0.25, 0.3) is 0 Å². The van der Waals surface area contributed by atoms with Gasteiger partial charge in [-0.05, 0) is 56.2 Å². The van der Waals surface area contributed by atoms with Crippen LogP contribution >= 0.6 is 23.2 Å². The number of hydrogen-bond donors (Lipinski definition) is 2. The van der Waals surface area contributed by atoms with Gasteiger partial charge in [0.15, 0.2) is 44.5 Å². The van der Waals surface area contributed by atoms with Gasteiger partial charge in [0.1, 0.15) is 5.69 Å². The number of phenolic OH excluding ortho intramolecular Hbond substituents is 1. The van der Waals surface area contributed by atoms with Gasteiger partial charge in [-0.15, -0.1) is 23.2 Å². The van der Waals surface area contributed by atoms with Crippen molar-refractivity contribution in [3.05, 3.63) is 64.5 Å². The number of hydrogen-bond acceptors (Lipinski definition) is 7. The summed E-state index contributed by atoms with van der Waals surface area (Å²) in [6, 6.07) is 3.78. The Kier molecular flexibility index (Phi) is 9.36. The number of imide groups is 2. The van der Waals surface area contributed by atoms with Gasteiger partial charge in [0.25, 0.3) is 11.8 Å². The number of amides is 4. The van der Waals surface area contributed by atoms with Crippen molar-refractivity contribution >= 4 is 58.5 Å². The molecule has 2 heterocycles. The molecule has 3 fully saturated rings. The van der Waals surface area contributed by atoms with Gasteiger partial charge in [0, 0.05) is 18.9 Å². The Hall–Kier alpha value is -4.24. The van der Waals surface area contributed by atoms with Crippen LogP contribution in [0.4, 0.5) is 27.6 Å². The second-order valence-electron chi connectivity index (χ2n) is 12.9. The molecule has 1 saturated carbocycles. The second-order valence-corrected chi connectivity index (χ2v) is 14.1. The average molecular weight is 760 g/mol.